The second kappa shape index (κ2) is 8.41. The SMILES string of the molecule is CCOc1ccc(N2C(=O)CC(N3C(=O)C(=Cc4ccccc4)SC3=S)C2=O)cc1. The van der Waals surface area contributed by atoms with E-state index in [4.69, 9.17) is 17.0 Å². The monoisotopic (exact) mass is 438 g/mol. The van der Waals surface area contributed by atoms with E-state index < -0.39 is 11.9 Å². The van der Waals surface area contributed by atoms with Crippen molar-refractivity contribution in [1.82, 2.24) is 4.90 Å². The van der Waals surface area contributed by atoms with Gasteiger partial charge in [-0.1, -0.05) is 54.3 Å². The Labute approximate surface area is 183 Å². The summed E-state index contributed by atoms with van der Waals surface area (Å²) in [7, 11) is 0. The highest BCUT2D eigenvalue weighted by Gasteiger charge is 2.48. The van der Waals surface area contributed by atoms with Crippen LogP contribution in [-0.2, 0) is 14.4 Å². The number of anilines is 1. The van der Waals surface area contributed by atoms with E-state index in [1.54, 1.807) is 30.3 Å². The van der Waals surface area contributed by atoms with Gasteiger partial charge in [-0.15, -0.1) is 0 Å². The molecule has 1 unspecified atom stereocenters. The van der Waals surface area contributed by atoms with E-state index in [1.807, 2.05) is 37.3 Å². The van der Waals surface area contributed by atoms with Crippen molar-refractivity contribution in [3.8, 4) is 5.75 Å². The Morgan fingerprint density at radius 3 is 2.47 bits per heavy atom. The van der Waals surface area contributed by atoms with Crippen molar-refractivity contribution in [2.45, 2.75) is 19.4 Å². The van der Waals surface area contributed by atoms with E-state index in [0.29, 0.717) is 22.9 Å². The number of ether oxygens (including phenoxy) is 1. The molecule has 4 rings (SSSR count). The van der Waals surface area contributed by atoms with Gasteiger partial charge in [-0.2, -0.15) is 0 Å². The lowest BCUT2D eigenvalue weighted by Crippen LogP contribution is -2.44. The number of thioether (sulfide) groups is 1. The molecule has 2 saturated heterocycles. The predicted octanol–water partition coefficient (Wildman–Crippen LogP) is 3.62. The summed E-state index contributed by atoms with van der Waals surface area (Å²) in [5, 5.41) is 0. The van der Waals surface area contributed by atoms with Gasteiger partial charge in [0.25, 0.3) is 11.8 Å². The van der Waals surface area contributed by atoms with Crippen molar-refractivity contribution in [2.75, 3.05) is 11.5 Å². The summed E-state index contributed by atoms with van der Waals surface area (Å²) in [6.07, 6.45) is 1.64. The molecule has 0 aliphatic carbocycles. The van der Waals surface area contributed by atoms with Gasteiger partial charge in [0.1, 0.15) is 16.1 Å². The highest BCUT2D eigenvalue weighted by Crippen LogP contribution is 2.37. The van der Waals surface area contributed by atoms with E-state index in [9.17, 15) is 14.4 Å². The molecule has 1 atom stereocenters. The summed E-state index contributed by atoms with van der Waals surface area (Å²) < 4.78 is 5.68. The highest BCUT2D eigenvalue weighted by molar-refractivity contribution is 8.26. The van der Waals surface area contributed by atoms with Gasteiger partial charge in [0, 0.05) is 0 Å². The zero-order valence-electron chi connectivity index (χ0n) is 16.1. The molecule has 8 heteroatoms. The fraction of sp³-hybridized carbons (Fsp3) is 0.182. The van der Waals surface area contributed by atoms with Crippen molar-refractivity contribution in [3.05, 3.63) is 65.1 Å². The minimum atomic E-state index is -0.932. The predicted molar refractivity (Wildman–Crippen MR) is 120 cm³/mol. The van der Waals surface area contributed by atoms with Crippen molar-refractivity contribution in [1.29, 1.82) is 0 Å². The van der Waals surface area contributed by atoms with Crippen LogP contribution in [0.4, 0.5) is 5.69 Å². The number of rotatable bonds is 5. The zero-order chi connectivity index (χ0) is 21.3. The van der Waals surface area contributed by atoms with E-state index in [-0.39, 0.29) is 22.6 Å². The molecular weight excluding hydrogens is 420 g/mol. The maximum absolute atomic E-state index is 13.1. The highest BCUT2D eigenvalue weighted by atomic mass is 32.2. The van der Waals surface area contributed by atoms with E-state index in [2.05, 4.69) is 0 Å². The number of hydrogen-bond acceptors (Lipinski definition) is 6. The molecule has 30 heavy (non-hydrogen) atoms. The van der Waals surface area contributed by atoms with Crippen molar-refractivity contribution in [3.63, 3.8) is 0 Å². The first kappa shape index (κ1) is 20.3. The van der Waals surface area contributed by atoms with Gasteiger partial charge in [-0.3, -0.25) is 19.3 Å². The second-order valence-corrected chi connectivity index (χ2v) is 8.35. The van der Waals surface area contributed by atoms with Gasteiger partial charge in [-0.05, 0) is 42.8 Å². The summed E-state index contributed by atoms with van der Waals surface area (Å²) in [4.78, 5) is 41.5. The van der Waals surface area contributed by atoms with Gasteiger partial charge in [0.2, 0.25) is 5.91 Å². The van der Waals surface area contributed by atoms with Crippen LogP contribution in [0, 0.1) is 0 Å². The van der Waals surface area contributed by atoms with Crippen LogP contribution in [0.3, 0.4) is 0 Å². The average molecular weight is 439 g/mol. The summed E-state index contributed by atoms with van der Waals surface area (Å²) in [5.41, 5.74) is 1.31. The van der Waals surface area contributed by atoms with Crippen LogP contribution in [0.1, 0.15) is 18.9 Å². The van der Waals surface area contributed by atoms with Gasteiger partial charge in [-0.25, -0.2) is 4.90 Å². The molecule has 2 aromatic rings. The molecule has 2 fully saturated rings. The van der Waals surface area contributed by atoms with Crippen molar-refractivity contribution >= 4 is 57.8 Å². The van der Waals surface area contributed by atoms with Crippen LogP contribution in [0.2, 0.25) is 0 Å². The zero-order valence-corrected chi connectivity index (χ0v) is 17.7. The topological polar surface area (TPSA) is 66.9 Å². The third-order valence-electron chi connectivity index (χ3n) is 4.76. The lowest BCUT2D eigenvalue weighted by molar-refractivity contribution is -0.129. The average Bonchev–Trinajstić information content (AvgIpc) is 3.18. The second-order valence-electron chi connectivity index (χ2n) is 6.68. The van der Waals surface area contributed by atoms with Gasteiger partial charge in [0.15, 0.2) is 0 Å². The lowest BCUT2D eigenvalue weighted by atomic mass is 10.2. The van der Waals surface area contributed by atoms with Crippen LogP contribution in [0.15, 0.2) is 59.5 Å². The first-order valence-electron chi connectivity index (χ1n) is 9.41. The molecule has 0 N–H and O–H groups in total. The van der Waals surface area contributed by atoms with Crippen molar-refractivity contribution < 1.29 is 19.1 Å². The molecular formula is C22H18N2O4S2. The first-order chi connectivity index (χ1) is 14.5. The number of amides is 3. The minimum Gasteiger partial charge on any atom is -0.494 e. The number of carbonyl (C=O) groups is 3. The molecule has 2 aliphatic rings. The summed E-state index contributed by atoms with van der Waals surface area (Å²) in [6.45, 7) is 2.40. The van der Waals surface area contributed by atoms with Gasteiger partial charge in [0.05, 0.1) is 23.6 Å². The Morgan fingerprint density at radius 1 is 1.10 bits per heavy atom. The molecule has 0 radical (unpaired) electrons. The smallest absolute Gasteiger partial charge is 0.266 e. The molecule has 2 aromatic carbocycles. The normalized spacial score (nSPS) is 20.6. The largest absolute Gasteiger partial charge is 0.494 e. The number of imide groups is 1. The van der Waals surface area contributed by atoms with Crippen LogP contribution in [0.25, 0.3) is 6.08 Å². The molecule has 2 heterocycles. The maximum Gasteiger partial charge on any atom is 0.266 e. The standard InChI is InChI=1S/C22H18N2O4S2/c1-2-28-16-10-8-15(9-11-16)23-19(25)13-17(20(23)26)24-21(27)18(30-22(24)29)12-14-6-4-3-5-7-14/h3-12,17H,2,13H2,1H3. The van der Waals surface area contributed by atoms with Gasteiger partial charge >= 0.3 is 0 Å². The fourth-order valence-electron chi connectivity index (χ4n) is 3.40. The summed E-state index contributed by atoms with van der Waals surface area (Å²) in [5.74, 6) is -0.523. The quantitative estimate of drug-likeness (QED) is 0.404. The molecule has 2 aliphatic heterocycles. The van der Waals surface area contributed by atoms with Crippen molar-refractivity contribution in [2.24, 2.45) is 0 Å². The number of benzene rings is 2. The fourth-order valence-corrected chi connectivity index (χ4v) is 4.75. The Balaban J connectivity index is 1.56. The van der Waals surface area contributed by atoms with Crippen LogP contribution in [0.5, 0.6) is 5.75 Å². The molecule has 0 aromatic heterocycles. The first-order valence-corrected chi connectivity index (χ1v) is 10.6. The van der Waals surface area contributed by atoms with E-state index in [1.165, 1.54) is 4.90 Å². The Kier molecular flexibility index (Phi) is 5.69. The minimum absolute atomic E-state index is 0.100. The Morgan fingerprint density at radius 2 is 1.80 bits per heavy atom. The Hall–Kier alpha value is -2.97. The summed E-state index contributed by atoms with van der Waals surface area (Å²) in [6, 6.07) is 15.2. The third kappa shape index (κ3) is 3.76. The van der Waals surface area contributed by atoms with E-state index >= 15 is 0 Å². The molecule has 0 saturated carbocycles. The van der Waals surface area contributed by atoms with Crippen LogP contribution in [-0.4, -0.2) is 39.6 Å². The number of thiocarbonyl (C=S) groups is 1. The third-order valence-corrected chi connectivity index (χ3v) is 6.09. The van der Waals surface area contributed by atoms with Crippen LogP contribution < -0.4 is 9.64 Å². The lowest BCUT2D eigenvalue weighted by Gasteiger charge is -2.21. The number of nitrogens with zero attached hydrogens (tertiary/aromatic N) is 2. The van der Waals surface area contributed by atoms with Crippen LogP contribution >= 0.6 is 24.0 Å². The Bertz CT molecular complexity index is 1050. The van der Waals surface area contributed by atoms with Gasteiger partial charge < -0.3 is 4.74 Å². The molecule has 0 bridgehead atoms. The van der Waals surface area contributed by atoms with E-state index in [0.717, 1.165) is 22.2 Å². The number of hydrogen-bond donors (Lipinski definition) is 0. The molecule has 0 spiro atoms. The number of carbonyl (C=O) groups excluding carboxylic acids is 3. The molecule has 3 amide bonds. The maximum atomic E-state index is 13.1. The molecule has 152 valence electrons. The summed E-state index contributed by atoms with van der Waals surface area (Å²) >= 11 is 6.51. The molecule has 6 nitrogen and oxygen atoms in total.